The second-order valence-corrected chi connectivity index (χ2v) is 6.66. The van der Waals surface area contributed by atoms with E-state index in [1.807, 2.05) is 32.3 Å². The Balaban J connectivity index is 1.76. The number of benzene rings is 1. The summed E-state index contributed by atoms with van der Waals surface area (Å²) < 4.78 is 0. The summed E-state index contributed by atoms with van der Waals surface area (Å²) in [6, 6.07) is 14.7. The van der Waals surface area contributed by atoms with Crippen LogP contribution in [0.3, 0.4) is 0 Å². The molecule has 0 spiro atoms. The molecule has 1 aromatic heterocycles. The van der Waals surface area contributed by atoms with E-state index in [1.54, 1.807) is 11.3 Å². The molecule has 2 aromatic rings. The van der Waals surface area contributed by atoms with Gasteiger partial charge in [-0.15, -0.1) is 11.3 Å². The van der Waals surface area contributed by atoms with Gasteiger partial charge in [0.05, 0.1) is 6.04 Å². The highest BCUT2D eigenvalue weighted by atomic mass is 32.1. The van der Waals surface area contributed by atoms with Gasteiger partial charge >= 0.3 is 0 Å². The monoisotopic (exact) mass is 316 g/mol. The van der Waals surface area contributed by atoms with Crippen LogP contribution in [0.2, 0.25) is 0 Å². The number of amides is 1. The number of thiophene rings is 1. The molecule has 22 heavy (non-hydrogen) atoms. The maximum Gasteiger partial charge on any atom is 0.220 e. The summed E-state index contributed by atoms with van der Waals surface area (Å²) in [6.45, 7) is 0.648. The molecule has 0 fully saturated rings. The van der Waals surface area contributed by atoms with Gasteiger partial charge in [0.15, 0.2) is 0 Å². The largest absolute Gasteiger partial charge is 0.354 e. The van der Waals surface area contributed by atoms with Gasteiger partial charge in [-0.25, -0.2) is 0 Å². The zero-order valence-electron chi connectivity index (χ0n) is 13.3. The molecule has 0 bridgehead atoms. The fourth-order valence-corrected chi connectivity index (χ4v) is 3.20. The molecule has 0 aliphatic carbocycles. The van der Waals surface area contributed by atoms with E-state index in [0.717, 1.165) is 12.8 Å². The average molecular weight is 316 g/mol. The Labute approximate surface area is 137 Å². The molecule has 1 aromatic carbocycles. The van der Waals surface area contributed by atoms with Gasteiger partial charge in [0, 0.05) is 17.8 Å². The van der Waals surface area contributed by atoms with Crippen molar-refractivity contribution in [1.29, 1.82) is 0 Å². The van der Waals surface area contributed by atoms with Crippen LogP contribution in [0.5, 0.6) is 0 Å². The van der Waals surface area contributed by atoms with Gasteiger partial charge in [0.2, 0.25) is 5.91 Å². The summed E-state index contributed by atoms with van der Waals surface area (Å²) in [5.74, 6) is 0.138. The predicted molar refractivity (Wildman–Crippen MR) is 93.1 cm³/mol. The molecule has 1 amide bonds. The summed E-state index contributed by atoms with van der Waals surface area (Å²) in [6.07, 6.45) is 2.48. The third-order valence-corrected chi connectivity index (χ3v) is 4.64. The molecule has 0 aliphatic rings. The molecule has 0 saturated heterocycles. The van der Waals surface area contributed by atoms with E-state index in [1.165, 1.54) is 10.4 Å². The number of carbonyl (C=O) groups excluding carboxylic acids is 1. The Kier molecular flexibility index (Phi) is 6.62. The first-order valence-electron chi connectivity index (χ1n) is 7.67. The molecule has 1 heterocycles. The second kappa shape index (κ2) is 8.71. The minimum absolute atomic E-state index is 0.138. The highest BCUT2D eigenvalue weighted by molar-refractivity contribution is 7.09. The van der Waals surface area contributed by atoms with E-state index in [2.05, 4.69) is 39.9 Å². The fraction of sp³-hybridized carbons (Fsp3) is 0.389. The van der Waals surface area contributed by atoms with Gasteiger partial charge in [-0.05, 0) is 43.9 Å². The topological polar surface area (TPSA) is 32.3 Å². The minimum atomic E-state index is 0.138. The Hall–Kier alpha value is -1.65. The average Bonchev–Trinajstić information content (AvgIpc) is 3.01. The molecule has 0 aliphatic heterocycles. The molecule has 2 rings (SSSR count). The Bertz CT molecular complexity index is 552. The summed E-state index contributed by atoms with van der Waals surface area (Å²) in [7, 11) is 4.08. The molecule has 4 heteroatoms. The normalized spacial score (nSPS) is 12.3. The number of hydrogen-bond donors (Lipinski definition) is 1. The standard InChI is InChI=1S/C18H24N2OS/c1-20(2)17(15-8-4-3-5-9-15)14-19-18(21)12-6-10-16-11-7-13-22-16/h3-5,7-9,11,13,17H,6,10,12,14H2,1-2H3,(H,19,21)/t17-/m1/s1. The zero-order valence-corrected chi connectivity index (χ0v) is 14.1. The zero-order chi connectivity index (χ0) is 15.8. The lowest BCUT2D eigenvalue weighted by molar-refractivity contribution is -0.121. The molecule has 0 radical (unpaired) electrons. The maximum atomic E-state index is 12.0. The van der Waals surface area contributed by atoms with Crippen molar-refractivity contribution in [1.82, 2.24) is 10.2 Å². The van der Waals surface area contributed by atoms with Gasteiger partial charge in [-0.1, -0.05) is 36.4 Å². The van der Waals surface area contributed by atoms with E-state index in [9.17, 15) is 4.79 Å². The number of likely N-dealkylation sites (N-methyl/N-ethyl adjacent to an activating group) is 1. The SMILES string of the molecule is CN(C)[C@H](CNC(=O)CCCc1cccs1)c1ccccc1. The summed E-state index contributed by atoms with van der Waals surface area (Å²) in [5, 5.41) is 5.15. The highest BCUT2D eigenvalue weighted by Gasteiger charge is 2.14. The minimum Gasteiger partial charge on any atom is -0.354 e. The van der Waals surface area contributed by atoms with Crippen molar-refractivity contribution in [3.63, 3.8) is 0 Å². The Morgan fingerprint density at radius 3 is 2.59 bits per heavy atom. The van der Waals surface area contributed by atoms with E-state index in [4.69, 9.17) is 0 Å². The lowest BCUT2D eigenvalue weighted by Crippen LogP contribution is -2.34. The number of hydrogen-bond acceptors (Lipinski definition) is 3. The Morgan fingerprint density at radius 2 is 1.95 bits per heavy atom. The summed E-state index contributed by atoms with van der Waals surface area (Å²) in [5.41, 5.74) is 1.23. The van der Waals surface area contributed by atoms with Crippen molar-refractivity contribution in [3.8, 4) is 0 Å². The maximum absolute atomic E-state index is 12.0. The van der Waals surface area contributed by atoms with E-state index < -0.39 is 0 Å². The smallest absolute Gasteiger partial charge is 0.220 e. The van der Waals surface area contributed by atoms with Crippen LogP contribution in [0.4, 0.5) is 0 Å². The van der Waals surface area contributed by atoms with E-state index in [-0.39, 0.29) is 11.9 Å². The van der Waals surface area contributed by atoms with Crippen molar-refractivity contribution in [2.75, 3.05) is 20.6 Å². The predicted octanol–water partition coefficient (Wildman–Crippen LogP) is 3.49. The summed E-state index contributed by atoms with van der Waals surface area (Å²) in [4.78, 5) is 15.5. The molecule has 0 unspecified atom stereocenters. The van der Waals surface area contributed by atoms with Gasteiger partial charge in [-0.2, -0.15) is 0 Å². The number of aryl methyl sites for hydroxylation is 1. The lowest BCUT2D eigenvalue weighted by atomic mass is 10.1. The quantitative estimate of drug-likeness (QED) is 0.808. The first-order valence-corrected chi connectivity index (χ1v) is 8.55. The van der Waals surface area contributed by atoms with Crippen molar-refractivity contribution < 1.29 is 4.79 Å². The molecule has 1 atom stereocenters. The van der Waals surface area contributed by atoms with Gasteiger partial charge in [0.1, 0.15) is 0 Å². The molecule has 118 valence electrons. The third-order valence-electron chi connectivity index (χ3n) is 3.71. The van der Waals surface area contributed by atoms with Gasteiger partial charge in [0.25, 0.3) is 0 Å². The molecule has 1 N–H and O–H groups in total. The van der Waals surface area contributed by atoms with Crippen LogP contribution in [0.15, 0.2) is 47.8 Å². The van der Waals surface area contributed by atoms with Crippen molar-refractivity contribution in [2.24, 2.45) is 0 Å². The second-order valence-electron chi connectivity index (χ2n) is 5.63. The fourth-order valence-electron chi connectivity index (χ4n) is 2.45. The van der Waals surface area contributed by atoms with Gasteiger partial charge < -0.3 is 10.2 Å². The van der Waals surface area contributed by atoms with Crippen LogP contribution in [0, 0.1) is 0 Å². The first kappa shape index (κ1) is 16.7. The highest BCUT2D eigenvalue weighted by Crippen LogP contribution is 2.17. The number of rotatable bonds is 8. The Morgan fingerprint density at radius 1 is 1.18 bits per heavy atom. The van der Waals surface area contributed by atoms with Crippen LogP contribution in [0.1, 0.15) is 29.3 Å². The lowest BCUT2D eigenvalue weighted by Gasteiger charge is -2.25. The first-order chi connectivity index (χ1) is 10.7. The van der Waals surface area contributed by atoms with E-state index in [0.29, 0.717) is 13.0 Å². The number of carbonyl (C=O) groups is 1. The molecule has 0 saturated carbocycles. The number of nitrogens with one attached hydrogen (secondary N) is 1. The van der Waals surface area contributed by atoms with Crippen LogP contribution >= 0.6 is 11.3 Å². The molecular formula is C18H24N2OS. The van der Waals surface area contributed by atoms with Crippen LogP contribution < -0.4 is 5.32 Å². The third kappa shape index (κ3) is 5.28. The van der Waals surface area contributed by atoms with Gasteiger partial charge in [-0.3, -0.25) is 4.79 Å². The molecular weight excluding hydrogens is 292 g/mol. The number of nitrogens with zero attached hydrogens (tertiary/aromatic N) is 1. The van der Waals surface area contributed by atoms with Crippen LogP contribution in [0.25, 0.3) is 0 Å². The van der Waals surface area contributed by atoms with Crippen LogP contribution in [-0.2, 0) is 11.2 Å². The summed E-state index contributed by atoms with van der Waals surface area (Å²) >= 11 is 1.76. The van der Waals surface area contributed by atoms with Crippen molar-refractivity contribution in [2.45, 2.75) is 25.3 Å². The van der Waals surface area contributed by atoms with Crippen molar-refractivity contribution in [3.05, 3.63) is 58.3 Å². The molecule has 3 nitrogen and oxygen atoms in total. The van der Waals surface area contributed by atoms with Crippen molar-refractivity contribution >= 4 is 17.2 Å². The van der Waals surface area contributed by atoms with Crippen LogP contribution in [-0.4, -0.2) is 31.4 Å². The van der Waals surface area contributed by atoms with E-state index >= 15 is 0 Å².